The van der Waals surface area contributed by atoms with Crippen molar-refractivity contribution in [3.05, 3.63) is 0 Å². The lowest BCUT2D eigenvalue weighted by atomic mass is 9.78. The van der Waals surface area contributed by atoms with Crippen LogP contribution in [0.5, 0.6) is 0 Å². The molecule has 2 saturated carbocycles. The van der Waals surface area contributed by atoms with E-state index in [1.54, 1.807) is 13.8 Å². The Morgan fingerprint density at radius 2 is 0.624 bits per heavy atom. The van der Waals surface area contributed by atoms with E-state index in [2.05, 4.69) is 0 Å². The molecule has 0 amide bonds. The summed E-state index contributed by atoms with van der Waals surface area (Å²) in [7, 11) is -15.6. The molecule has 68 heteroatoms. The first-order valence-corrected chi connectivity index (χ1v) is 49.7. The largest absolute Gasteiger partial charge is 0.528 e. The third-order valence-electron chi connectivity index (χ3n) is 26.6. The first-order valence-electron chi connectivity index (χ1n) is 44.1. The van der Waals surface area contributed by atoms with E-state index < -0.39 is 328 Å². The fourth-order valence-corrected chi connectivity index (χ4v) is 24.5. The van der Waals surface area contributed by atoms with Gasteiger partial charge in [0.1, 0.15) is 22.2 Å². The van der Waals surface area contributed by atoms with E-state index >= 15 is 0 Å². The van der Waals surface area contributed by atoms with E-state index in [1.165, 1.54) is 28.2 Å². The summed E-state index contributed by atoms with van der Waals surface area (Å²) in [6.07, 6.45) is -4.11. The van der Waals surface area contributed by atoms with Gasteiger partial charge in [-0.3, -0.25) is 76.7 Å². The molecule has 0 spiro atoms. The first kappa shape index (κ1) is 119. The van der Waals surface area contributed by atoms with Crippen LogP contribution in [0.15, 0.2) is 0 Å². The molecular weight excluding hydrogens is 1980 g/mol. The minimum atomic E-state index is -4.07. The Labute approximate surface area is 809 Å². The highest BCUT2D eigenvalue weighted by Gasteiger charge is 2.64. The summed E-state index contributed by atoms with van der Waals surface area (Å²) in [5.74, 6) is -24.6. The zero-order valence-corrected chi connectivity index (χ0v) is 81.0. The number of carbonyl (C=O) groups is 16. The predicted octanol–water partition coefficient (Wildman–Crippen LogP) is -9.09. The zero-order valence-electron chi connectivity index (χ0n) is 77.7. The van der Waals surface area contributed by atoms with Gasteiger partial charge < -0.3 is 144 Å². The van der Waals surface area contributed by atoms with Gasteiger partial charge in [0.15, 0.2) is 22.4 Å². The molecule has 8 saturated heterocycles. The molecule has 10 fully saturated rings. The van der Waals surface area contributed by atoms with Gasteiger partial charge in [0, 0.05) is 154 Å². The van der Waals surface area contributed by atoms with Crippen LogP contribution in [0.2, 0.25) is 25.3 Å². The van der Waals surface area contributed by atoms with E-state index in [0.29, 0.717) is 19.3 Å². The molecular formula is C73H122B4N16O44S4. The van der Waals surface area contributed by atoms with Crippen molar-refractivity contribution in [3.63, 3.8) is 0 Å². The monoisotopic (exact) mass is 2100 g/mol. The van der Waals surface area contributed by atoms with E-state index in [-0.39, 0.29) is 135 Å². The molecule has 0 aromatic rings. The second kappa shape index (κ2) is 46.0. The number of rotatable bonds is 51. The molecule has 0 bridgehead atoms. The third kappa shape index (κ3) is 27.9. The maximum Gasteiger partial charge on any atom is 0.528 e. The van der Waals surface area contributed by atoms with Gasteiger partial charge in [-0.25, -0.2) is 0 Å². The van der Waals surface area contributed by atoms with Crippen molar-refractivity contribution in [2.75, 3.05) is 100 Å². The highest BCUT2D eigenvalue weighted by molar-refractivity contribution is 7.87. The topological polar surface area (TPSA) is 960 Å². The van der Waals surface area contributed by atoms with Gasteiger partial charge in [-0.2, -0.15) is 68.1 Å². The van der Waals surface area contributed by atoms with Crippen molar-refractivity contribution >= 4 is 165 Å². The average molecular weight is 2100 g/mol. The number of nitrogens with zero attached hydrogens (tertiary/aromatic N) is 8. The Hall–Kier alpha value is -9.22. The Morgan fingerprint density at radius 1 is 0.397 bits per heavy atom. The number of hydrogen-bond acceptors (Lipinski definition) is 40. The van der Waals surface area contributed by atoms with Crippen molar-refractivity contribution in [2.24, 2.45) is 69.5 Å². The number of hydrogen-bond donors (Lipinski definition) is 20. The van der Waals surface area contributed by atoms with Crippen LogP contribution in [-0.4, -0.2) is 428 Å². The lowest BCUT2D eigenvalue weighted by Gasteiger charge is -2.32. The zero-order chi connectivity index (χ0) is 107. The number of nitrogens with two attached hydrogens (primary N) is 8. The second-order valence-electron chi connectivity index (χ2n) is 37.2. The molecule has 141 heavy (non-hydrogen) atoms. The molecule has 0 radical (unpaired) electrons. The molecule has 794 valence electrons. The maximum absolute atomic E-state index is 13.2. The summed E-state index contributed by atoms with van der Waals surface area (Å²) in [4.78, 5) is 186. The van der Waals surface area contributed by atoms with Crippen molar-refractivity contribution in [2.45, 2.75) is 235 Å². The van der Waals surface area contributed by atoms with Crippen molar-refractivity contribution in [1.29, 1.82) is 0 Å². The third-order valence-corrected chi connectivity index (χ3v) is 34.2. The molecule has 0 aromatic heterocycles. The number of carboxylic acids is 12. The van der Waals surface area contributed by atoms with Crippen LogP contribution in [0.3, 0.4) is 0 Å². The Bertz CT molecular complexity index is 5160. The number of carboxylic acid groups (broad SMARTS) is 12. The van der Waals surface area contributed by atoms with Gasteiger partial charge in [-0.15, -0.1) is 0 Å². The molecule has 10 aliphatic rings. The van der Waals surface area contributed by atoms with Crippen LogP contribution in [0, 0.1) is 23.7 Å². The summed E-state index contributed by atoms with van der Waals surface area (Å²) in [5, 5.41) is 111. The summed E-state index contributed by atoms with van der Waals surface area (Å²) >= 11 is 0. The van der Waals surface area contributed by atoms with E-state index in [9.17, 15) is 131 Å². The highest BCUT2D eigenvalue weighted by Crippen LogP contribution is 2.45. The summed E-state index contributed by atoms with van der Waals surface area (Å²) in [6.45, 7) is 1.05. The highest BCUT2D eigenvalue weighted by atomic mass is 32.2. The molecule has 8 aliphatic heterocycles. The molecule has 4 unspecified atom stereocenters. The SMILES string of the molecule is CC(N(C)S(=O)(=O)N1C[C@H](CCCB2OC(=O)C(CC(=O)O)(CC(=O)O)O2)[C@](N)(C(=O)O)C1)C1(N)CC1.CC(N)CN(C)S(=O)(=O)N1C[C@H](CCCB2OC(=O)C(CC(=O)O)(CC(=O)O)O2)[C@](N)(C(=O)O)C1.CN(C1CC1N)S(=O)(=O)N1C[C@H](CCCB2OC(=O)C(CC(=O)O)(CC(=O)O)O2)[C@](N)(C(=O)O)C1.CN(CCN)S(=O)(=O)N1C[C@H](CCCB2OC(=O)C(CC(=O)O)(CC(=O)O)O2)[C@](N)(C(=O)O)C1. The fourth-order valence-electron chi connectivity index (χ4n) is 18.0. The maximum atomic E-state index is 13.2. The first-order chi connectivity index (χ1) is 64.8. The summed E-state index contributed by atoms with van der Waals surface area (Å²) in [6, 6.07) is -1.58. The second-order valence-corrected chi connectivity index (χ2v) is 45.3. The van der Waals surface area contributed by atoms with Gasteiger partial charge in [-0.1, -0.05) is 25.7 Å². The molecule has 8 heterocycles. The molecule has 2 aliphatic carbocycles. The van der Waals surface area contributed by atoms with Crippen LogP contribution in [0.4, 0.5) is 0 Å². The molecule has 28 N–H and O–H groups in total. The quantitative estimate of drug-likeness (QED) is 0.0252. The lowest BCUT2D eigenvalue weighted by molar-refractivity contribution is -0.158. The van der Waals surface area contributed by atoms with Gasteiger partial charge in [0.2, 0.25) is 0 Å². The average Bonchev–Trinajstić information content (AvgIpc) is 1.61. The Morgan fingerprint density at radius 3 is 0.830 bits per heavy atom. The van der Waals surface area contributed by atoms with Crippen LogP contribution in [0.1, 0.15) is 136 Å². The number of carbonyl (C=O) groups excluding carboxylic acids is 4. The van der Waals surface area contributed by atoms with Crippen molar-refractivity contribution < 1.29 is 209 Å². The van der Waals surface area contributed by atoms with Crippen LogP contribution in [0.25, 0.3) is 0 Å². The molecule has 0 aromatic carbocycles. The van der Waals surface area contributed by atoms with Gasteiger partial charge in [0.25, 0.3) is 40.8 Å². The summed E-state index contributed by atoms with van der Waals surface area (Å²) in [5.41, 5.74) is 30.7. The minimum absolute atomic E-state index is 0.00124. The van der Waals surface area contributed by atoms with Crippen molar-refractivity contribution in [3.8, 4) is 0 Å². The van der Waals surface area contributed by atoms with Crippen LogP contribution >= 0.6 is 0 Å². The van der Waals surface area contributed by atoms with Gasteiger partial charge in [0.05, 0.1) is 51.4 Å². The van der Waals surface area contributed by atoms with E-state index in [1.807, 2.05) is 0 Å². The fraction of sp³-hybridized carbons (Fsp3) is 0.781. The van der Waals surface area contributed by atoms with Crippen molar-refractivity contribution in [1.82, 2.24) is 34.4 Å². The molecule has 12 atom stereocenters. The van der Waals surface area contributed by atoms with E-state index in [0.717, 1.165) is 34.4 Å². The Balaban J connectivity index is 0.000000256. The molecule has 10 rings (SSSR count). The number of aliphatic carboxylic acids is 12. The lowest BCUT2D eigenvalue weighted by Crippen LogP contribution is -2.56. The van der Waals surface area contributed by atoms with E-state index in [4.69, 9.17) is 124 Å². The van der Waals surface area contributed by atoms with Gasteiger partial charge in [-0.05, 0) is 84.1 Å². The summed E-state index contributed by atoms with van der Waals surface area (Å²) < 4.78 is 154. The Kier molecular flexibility index (Phi) is 38.8. The van der Waals surface area contributed by atoms with Crippen LogP contribution < -0.4 is 45.9 Å². The standard InChI is InChI=1S/C20H33BN4O11S.C18H29BN4O11S.C18H31BN4O11S.C17H29BN4O11S/c1-12(18(22)5-6-18)24(2)37(33,34)25-10-13(20(23,11-25)16(30)31)4-3-7-21-35-17(32)19(36-21,8-14(26)27)9-15(28)29;1-22(12-5-11(12)20)35(31,32)23-8-10(18(21,9-23)15(28)29)3-2-4-19-33-16(30)17(34-19,6-13(24)25)7-14(26)27;1-11(20)8-22(2)35(31,32)23-9-12(18(21,10-23)15(28)29)4-3-5-19-33-16(30)17(34-19,6-13(24)25)7-14(26)27;1-21(6-5-19)34(30,31)22-9-11(17(20,10-22)14(27)28)3-2-4-18-32-15(29)16(33-18,7-12(23)24)8-13(25)26/h12-13H,3-11,22-23H2,1-2H3,(H,26,27)(H,28,29)(H,30,31);10-12H,2-9,20-21H2,1H3,(H,24,25)(H,26,27)(H,28,29);11-12H,3-10,20-21H2,1-2H3,(H,24,25)(H,26,27)(H,28,29);11H,2-10,19-20H2,1H3,(H,23,24)(H,25,26)(H,27,28)/t12?,13-,20-;10-,11?,12?,18-;11?,12-,18-;11-,17-/m0000/s1. The normalized spacial score (nSPS) is 27.2. The molecule has 60 nitrogen and oxygen atoms in total. The predicted molar refractivity (Wildman–Crippen MR) is 476 cm³/mol. The number of likely N-dealkylation sites (N-methyl/N-ethyl adjacent to an activating group) is 4. The smallest absolute Gasteiger partial charge is 0.507 e. The minimum Gasteiger partial charge on any atom is -0.507 e. The van der Waals surface area contributed by atoms with Crippen LogP contribution in [-0.2, 0) is 155 Å². The van der Waals surface area contributed by atoms with Gasteiger partial charge >= 0.3 is 124 Å².